The van der Waals surface area contributed by atoms with Crippen molar-refractivity contribution >= 4 is 17.9 Å². The van der Waals surface area contributed by atoms with Gasteiger partial charge in [0, 0.05) is 56.3 Å². The van der Waals surface area contributed by atoms with Crippen LogP contribution < -0.4 is 10.6 Å². The maximum Gasteiger partial charge on any atom is 0.409 e. The number of nitrogens with one attached hydrogen (secondary N) is 2. The van der Waals surface area contributed by atoms with Crippen LogP contribution in [-0.2, 0) is 11.3 Å². The van der Waals surface area contributed by atoms with E-state index in [1.807, 2.05) is 30.3 Å². The molecule has 2 aromatic carbocycles. The lowest BCUT2D eigenvalue weighted by Gasteiger charge is -2.31. The number of hydrogen-bond donors (Lipinski definition) is 3. The highest BCUT2D eigenvalue weighted by atomic mass is 16.5. The van der Waals surface area contributed by atoms with Gasteiger partial charge in [0.25, 0.3) is 11.8 Å². The number of ether oxygens (including phenoxy) is 1. The van der Waals surface area contributed by atoms with E-state index in [1.54, 1.807) is 47.6 Å². The topological polar surface area (TPSA) is 121 Å². The molecule has 3 amide bonds. The molecule has 9 heteroatoms. The number of amides is 3. The van der Waals surface area contributed by atoms with Crippen LogP contribution in [0, 0.1) is 0 Å². The van der Waals surface area contributed by atoms with Gasteiger partial charge < -0.3 is 25.4 Å². The molecule has 0 bridgehead atoms. The van der Waals surface area contributed by atoms with Crippen molar-refractivity contribution in [2.24, 2.45) is 0 Å². The molecule has 3 aromatic rings. The Kier molecular flexibility index (Phi) is 10.2. The molecule has 1 aliphatic heterocycles. The van der Waals surface area contributed by atoms with Crippen LogP contribution in [-0.4, -0.2) is 66.2 Å². The normalized spacial score (nSPS) is 13.1. The van der Waals surface area contributed by atoms with Gasteiger partial charge in [-0.25, -0.2) is 4.79 Å². The van der Waals surface area contributed by atoms with Gasteiger partial charge in [-0.3, -0.25) is 14.6 Å². The van der Waals surface area contributed by atoms with Gasteiger partial charge in [0.1, 0.15) is 0 Å². The predicted molar refractivity (Wildman–Crippen MR) is 140 cm³/mol. The summed E-state index contributed by atoms with van der Waals surface area (Å²) >= 11 is 0. The highest BCUT2D eigenvalue weighted by molar-refractivity contribution is 5.95. The molecule has 1 saturated heterocycles. The third kappa shape index (κ3) is 7.62. The first-order valence-corrected chi connectivity index (χ1v) is 12.0. The van der Waals surface area contributed by atoms with Crippen molar-refractivity contribution < 1.29 is 24.2 Å². The summed E-state index contributed by atoms with van der Waals surface area (Å²) in [7, 11) is 2.37. The Balaban J connectivity index is 0.00000186. The van der Waals surface area contributed by atoms with Crippen molar-refractivity contribution in [3.8, 4) is 11.1 Å². The number of aromatic nitrogens is 1. The minimum atomic E-state index is -0.339. The fourth-order valence-corrected chi connectivity index (χ4v) is 4.07. The molecule has 0 radical (unpaired) electrons. The van der Waals surface area contributed by atoms with E-state index in [2.05, 4.69) is 15.6 Å². The Morgan fingerprint density at radius 1 is 0.919 bits per heavy atom. The molecule has 3 N–H and O–H groups in total. The smallest absolute Gasteiger partial charge is 0.409 e. The maximum absolute atomic E-state index is 12.7. The maximum atomic E-state index is 12.7. The van der Waals surface area contributed by atoms with Gasteiger partial charge in [-0.15, -0.1) is 0 Å². The molecule has 37 heavy (non-hydrogen) atoms. The van der Waals surface area contributed by atoms with E-state index in [9.17, 15) is 14.4 Å². The fourth-order valence-electron chi connectivity index (χ4n) is 4.07. The molecule has 2 heterocycles. The lowest BCUT2D eigenvalue weighted by molar-refractivity contribution is 0.0891. The first kappa shape index (κ1) is 27.3. The summed E-state index contributed by atoms with van der Waals surface area (Å²) in [5, 5.41) is 13.0. The number of pyridine rings is 1. The second-order valence-electron chi connectivity index (χ2n) is 8.40. The van der Waals surface area contributed by atoms with E-state index in [0.717, 1.165) is 23.8 Å². The SMILES string of the molecule is CO.COC(=O)N1CCC(NC(=O)c2cccc(CNC(=O)c3ccc(-c4ccncc4)cc3)c2)CC1. The Morgan fingerprint density at radius 2 is 1.57 bits per heavy atom. The van der Waals surface area contributed by atoms with Gasteiger partial charge in [0.2, 0.25) is 0 Å². The number of nitrogens with zero attached hydrogens (tertiary/aromatic N) is 2. The molecule has 0 aliphatic carbocycles. The second kappa shape index (κ2) is 13.7. The summed E-state index contributed by atoms with van der Waals surface area (Å²) in [5.41, 5.74) is 3.98. The van der Waals surface area contributed by atoms with Crippen LogP contribution in [0.2, 0.25) is 0 Å². The molecular weight excluding hydrogens is 472 g/mol. The molecule has 1 fully saturated rings. The third-order valence-corrected chi connectivity index (χ3v) is 6.07. The largest absolute Gasteiger partial charge is 0.453 e. The quantitative estimate of drug-likeness (QED) is 0.474. The average Bonchev–Trinajstić information content (AvgIpc) is 2.97. The van der Waals surface area contributed by atoms with Crippen LogP contribution in [0.15, 0.2) is 73.1 Å². The molecule has 0 atom stereocenters. The summed E-state index contributed by atoms with van der Waals surface area (Å²) in [5.74, 6) is -0.347. The number of aliphatic hydroxyl groups is 1. The number of carbonyl (C=O) groups excluding carboxylic acids is 3. The van der Waals surface area contributed by atoms with Crippen LogP contribution in [0.3, 0.4) is 0 Å². The fraction of sp³-hybridized carbons (Fsp3) is 0.286. The average molecular weight is 505 g/mol. The van der Waals surface area contributed by atoms with Gasteiger partial charge in [-0.05, 0) is 65.9 Å². The van der Waals surface area contributed by atoms with Crippen LogP contribution >= 0.6 is 0 Å². The third-order valence-electron chi connectivity index (χ3n) is 6.07. The van der Waals surface area contributed by atoms with Crippen molar-refractivity contribution in [3.63, 3.8) is 0 Å². The van der Waals surface area contributed by atoms with E-state index in [4.69, 9.17) is 9.84 Å². The Bertz CT molecular complexity index is 1180. The zero-order chi connectivity index (χ0) is 26.6. The van der Waals surface area contributed by atoms with E-state index in [1.165, 1.54) is 7.11 Å². The standard InChI is InChI=1S/C27H28N4O4.CH4O/c1-35-27(34)31-15-11-24(12-16-31)30-26(33)23-4-2-3-19(17-23)18-29-25(32)22-7-5-20(6-8-22)21-9-13-28-14-10-21;1-2/h2-10,13-14,17,24H,11-12,15-16,18H2,1H3,(H,29,32)(H,30,33);2H,1H3. The van der Waals surface area contributed by atoms with Crippen molar-refractivity contribution in [1.29, 1.82) is 0 Å². The van der Waals surface area contributed by atoms with Crippen molar-refractivity contribution in [2.45, 2.75) is 25.4 Å². The van der Waals surface area contributed by atoms with E-state index < -0.39 is 0 Å². The van der Waals surface area contributed by atoms with E-state index in [0.29, 0.717) is 43.6 Å². The van der Waals surface area contributed by atoms with Gasteiger partial charge >= 0.3 is 6.09 Å². The summed E-state index contributed by atoms with van der Waals surface area (Å²) in [6.45, 7) is 1.41. The van der Waals surface area contributed by atoms with Gasteiger partial charge in [0.15, 0.2) is 0 Å². The molecular formula is C28H32N4O5. The lowest BCUT2D eigenvalue weighted by Crippen LogP contribution is -2.46. The predicted octanol–water partition coefficient (Wildman–Crippen LogP) is 3.25. The molecule has 194 valence electrons. The summed E-state index contributed by atoms with van der Waals surface area (Å²) < 4.78 is 4.75. The molecule has 4 rings (SSSR count). The van der Waals surface area contributed by atoms with Crippen LogP contribution in [0.4, 0.5) is 4.79 Å². The first-order chi connectivity index (χ1) is 18.0. The Morgan fingerprint density at radius 3 is 2.22 bits per heavy atom. The lowest BCUT2D eigenvalue weighted by atomic mass is 10.0. The monoisotopic (exact) mass is 504 g/mol. The zero-order valence-corrected chi connectivity index (χ0v) is 21.0. The number of likely N-dealkylation sites (tertiary alicyclic amines) is 1. The first-order valence-electron chi connectivity index (χ1n) is 12.0. The Labute approximate surface area is 216 Å². The molecule has 9 nitrogen and oxygen atoms in total. The minimum absolute atomic E-state index is 0.00175. The number of rotatable bonds is 6. The molecule has 1 aliphatic rings. The van der Waals surface area contributed by atoms with Gasteiger partial charge in [0.05, 0.1) is 7.11 Å². The molecule has 0 spiro atoms. The number of methoxy groups -OCH3 is 1. The number of aliphatic hydroxyl groups excluding tert-OH is 1. The number of hydrogen-bond acceptors (Lipinski definition) is 6. The molecule has 0 saturated carbocycles. The summed E-state index contributed by atoms with van der Waals surface area (Å²) in [6.07, 6.45) is 4.48. The highest BCUT2D eigenvalue weighted by Gasteiger charge is 2.24. The number of benzene rings is 2. The van der Waals surface area contributed by atoms with Crippen LogP contribution in [0.1, 0.15) is 39.1 Å². The van der Waals surface area contributed by atoms with Crippen molar-refractivity contribution in [1.82, 2.24) is 20.5 Å². The van der Waals surface area contributed by atoms with Crippen molar-refractivity contribution in [3.05, 3.63) is 89.7 Å². The van der Waals surface area contributed by atoms with E-state index in [-0.39, 0.29) is 23.9 Å². The summed E-state index contributed by atoms with van der Waals surface area (Å²) in [4.78, 5) is 42.6. The summed E-state index contributed by atoms with van der Waals surface area (Å²) in [6, 6.07) is 18.5. The highest BCUT2D eigenvalue weighted by Crippen LogP contribution is 2.19. The van der Waals surface area contributed by atoms with Gasteiger partial charge in [-0.2, -0.15) is 0 Å². The second-order valence-corrected chi connectivity index (χ2v) is 8.40. The van der Waals surface area contributed by atoms with Crippen LogP contribution in [0.5, 0.6) is 0 Å². The van der Waals surface area contributed by atoms with Crippen molar-refractivity contribution in [2.75, 3.05) is 27.3 Å². The van der Waals surface area contributed by atoms with Gasteiger partial charge in [-0.1, -0.05) is 24.3 Å². The molecule has 1 aromatic heterocycles. The number of piperidine rings is 1. The van der Waals surface area contributed by atoms with E-state index >= 15 is 0 Å². The minimum Gasteiger partial charge on any atom is -0.453 e. The zero-order valence-electron chi connectivity index (χ0n) is 21.0. The number of carbonyl (C=O) groups is 3. The Hall–Kier alpha value is -4.24. The molecule has 0 unspecified atom stereocenters. The van der Waals surface area contributed by atoms with Crippen LogP contribution in [0.25, 0.3) is 11.1 Å².